The van der Waals surface area contributed by atoms with Gasteiger partial charge in [0.2, 0.25) is 0 Å². The van der Waals surface area contributed by atoms with E-state index in [2.05, 4.69) is 0 Å². The van der Waals surface area contributed by atoms with Gasteiger partial charge in [-0.25, -0.2) is 0 Å². The van der Waals surface area contributed by atoms with Gasteiger partial charge in [-0.3, -0.25) is 0 Å². The van der Waals surface area contributed by atoms with Gasteiger partial charge in [0.1, 0.15) is 0 Å². The second-order valence-corrected chi connectivity index (χ2v) is 2.96. The number of benzene rings is 1. The van der Waals surface area contributed by atoms with Gasteiger partial charge in [-0.2, -0.15) is 0 Å². The molecule has 14 heavy (non-hydrogen) atoms. The summed E-state index contributed by atoms with van der Waals surface area (Å²) in [6.45, 7) is 2.64. The van der Waals surface area contributed by atoms with Gasteiger partial charge in [-0.15, -0.1) is 0 Å². The van der Waals surface area contributed by atoms with Crippen molar-refractivity contribution in [3.63, 3.8) is 0 Å². The predicted octanol–water partition coefficient (Wildman–Crippen LogP) is 1.98. The highest BCUT2D eigenvalue weighted by Crippen LogP contribution is 2.31. The highest BCUT2D eigenvalue weighted by atomic mass is 16.5. The SMILES string of the molecule is CCCOc1c(CO)cccc1OC. The lowest BCUT2D eigenvalue weighted by Crippen LogP contribution is -2.01. The lowest BCUT2D eigenvalue weighted by atomic mass is 10.2. The fourth-order valence-electron chi connectivity index (χ4n) is 1.21. The topological polar surface area (TPSA) is 38.7 Å². The molecule has 0 atom stereocenters. The van der Waals surface area contributed by atoms with E-state index in [0.29, 0.717) is 18.1 Å². The molecule has 0 unspecified atom stereocenters. The summed E-state index contributed by atoms with van der Waals surface area (Å²) >= 11 is 0. The summed E-state index contributed by atoms with van der Waals surface area (Å²) < 4.78 is 10.7. The molecule has 0 aliphatic carbocycles. The molecule has 0 aliphatic rings. The van der Waals surface area contributed by atoms with Crippen LogP contribution in [-0.2, 0) is 6.61 Å². The summed E-state index contributed by atoms with van der Waals surface area (Å²) in [6.07, 6.45) is 0.933. The Balaban J connectivity index is 2.93. The molecular formula is C11H16O3. The minimum atomic E-state index is -0.0315. The molecule has 0 saturated carbocycles. The lowest BCUT2D eigenvalue weighted by Gasteiger charge is -2.12. The van der Waals surface area contributed by atoms with Crippen molar-refractivity contribution in [2.45, 2.75) is 20.0 Å². The van der Waals surface area contributed by atoms with Crippen LogP contribution in [0.25, 0.3) is 0 Å². The molecule has 1 N–H and O–H groups in total. The van der Waals surface area contributed by atoms with Gasteiger partial charge in [0, 0.05) is 5.56 Å². The van der Waals surface area contributed by atoms with Crippen molar-refractivity contribution in [1.29, 1.82) is 0 Å². The van der Waals surface area contributed by atoms with Crippen LogP contribution in [0.2, 0.25) is 0 Å². The van der Waals surface area contributed by atoms with E-state index < -0.39 is 0 Å². The lowest BCUT2D eigenvalue weighted by molar-refractivity contribution is 0.255. The van der Waals surface area contributed by atoms with Crippen LogP contribution in [-0.4, -0.2) is 18.8 Å². The molecule has 0 fully saturated rings. The third kappa shape index (κ3) is 2.39. The second kappa shape index (κ2) is 5.50. The molecule has 3 nitrogen and oxygen atoms in total. The van der Waals surface area contributed by atoms with E-state index in [1.165, 1.54) is 0 Å². The van der Waals surface area contributed by atoms with E-state index in [9.17, 15) is 0 Å². The molecule has 0 aliphatic heterocycles. The molecule has 0 saturated heterocycles. The Labute approximate surface area is 84.3 Å². The maximum atomic E-state index is 9.10. The first-order valence-electron chi connectivity index (χ1n) is 4.73. The zero-order valence-electron chi connectivity index (χ0n) is 8.62. The van der Waals surface area contributed by atoms with Crippen molar-refractivity contribution in [3.05, 3.63) is 23.8 Å². The zero-order valence-corrected chi connectivity index (χ0v) is 8.62. The van der Waals surface area contributed by atoms with Gasteiger partial charge in [-0.1, -0.05) is 19.1 Å². The van der Waals surface area contributed by atoms with Crippen LogP contribution in [0.4, 0.5) is 0 Å². The Morgan fingerprint density at radius 2 is 2.14 bits per heavy atom. The van der Waals surface area contributed by atoms with E-state index in [-0.39, 0.29) is 6.61 Å². The first-order valence-corrected chi connectivity index (χ1v) is 4.73. The van der Waals surface area contributed by atoms with Gasteiger partial charge in [0.15, 0.2) is 11.5 Å². The third-order valence-corrected chi connectivity index (χ3v) is 1.90. The quantitative estimate of drug-likeness (QED) is 0.782. The molecule has 0 amide bonds. The second-order valence-electron chi connectivity index (χ2n) is 2.96. The Hall–Kier alpha value is -1.22. The molecule has 1 aromatic carbocycles. The molecule has 1 rings (SSSR count). The van der Waals surface area contributed by atoms with Gasteiger partial charge >= 0.3 is 0 Å². The standard InChI is InChI=1S/C11H16O3/c1-3-7-14-11-9(8-12)5-4-6-10(11)13-2/h4-6,12H,3,7-8H2,1-2H3. The Bertz CT molecular complexity index is 262. The summed E-state index contributed by atoms with van der Waals surface area (Å²) in [4.78, 5) is 0. The molecule has 0 bridgehead atoms. The van der Waals surface area contributed by atoms with Crippen LogP contribution in [0.1, 0.15) is 18.9 Å². The minimum absolute atomic E-state index is 0.0315. The van der Waals surface area contributed by atoms with E-state index in [4.69, 9.17) is 14.6 Å². The number of rotatable bonds is 5. The summed E-state index contributed by atoms with van der Waals surface area (Å²) in [5, 5.41) is 9.10. The predicted molar refractivity (Wildman–Crippen MR) is 54.7 cm³/mol. The molecule has 0 radical (unpaired) electrons. The number of para-hydroxylation sites is 1. The minimum Gasteiger partial charge on any atom is -0.493 e. The van der Waals surface area contributed by atoms with Crippen molar-refractivity contribution >= 4 is 0 Å². The number of methoxy groups -OCH3 is 1. The van der Waals surface area contributed by atoms with Gasteiger partial charge in [0.25, 0.3) is 0 Å². The average Bonchev–Trinajstić information content (AvgIpc) is 2.25. The normalized spacial score (nSPS) is 9.93. The average molecular weight is 196 g/mol. The van der Waals surface area contributed by atoms with Crippen molar-refractivity contribution in [3.8, 4) is 11.5 Å². The van der Waals surface area contributed by atoms with Crippen LogP contribution in [0.3, 0.4) is 0 Å². The van der Waals surface area contributed by atoms with Crippen LogP contribution >= 0.6 is 0 Å². The zero-order chi connectivity index (χ0) is 10.4. The first-order chi connectivity index (χ1) is 6.83. The van der Waals surface area contributed by atoms with Crippen molar-refractivity contribution in [1.82, 2.24) is 0 Å². The number of aliphatic hydroxyl groups is 1. The third-order valence-electron chi connectivity index (χ3n) is 1.90. The van der Waals surface area contributed by atoms with Gasteiger partial charge in [0.05, 0.1) is 20.3 Å². The van der Waals surface area contributed by atoms with Gasteiger partial charge < -0.3 is 14.6 Å². The largest absolute Gasteiger partial charge is 0.493 e. The molecule has 0 spiro atoms. The Morgan fingerprint density at radius 3 is 2.71 bits per heavy atom. The number of ether oxygens (including phenoxy) is 2. The van der Waals surface area contributed by atoms with Crippen LogP contribution in [0.15, 0.2) is 18.2 Å². The molecule has 78 valence electrons. The molecule has 1 aromatic rings. The van der Waals surface area contributed by atoms with Crippen molar-refractivity contribution in [2.75, 3.05) is 13.7 Å². The summed E-state index contributed by atoms with van der Waals surface area (Å²) in [7, 11) is 1.59. The highest BCUT2D eigenvalue weighted by molar-refractivity contribution is 5.46. The van der Waals surface area contributed by atoms with E-state index in [1.807, 2.05) is 25.1 Å². The first kappa shape index (κ1) is 10.9. The fourth-order valence-corrected chi connectivity index (χ4v) is 1.21. The number of aliphatic hydroxyl groups excluding tert-OH is 1. The highest BCUT2D eigenvalue weighted by Gasteiger charge is 2.08. The van der Waals surface area contributed by atoms with E-state index >= 15 is 0 Å². The maximum Gasteiger partial charge on any atom is 0.166 e. The summed E-state index contributed by atoms with van der Waals surface area (Å²) in [6, 6.07) is 5.49. The maximum absolute atomic E-state index is 9.10. The van der Waals surface area contributed by atoms with Crippen LogP contribution in [0, 0.1) is 0 Å². The fraction of sp³-hybridized carbons (Fsp3) is 0.455. The van der Waals surface area contributed by atoms with Crippen molar-refractivity contribution in [2.24, 2.45) is 0 Å². The Kier molecular flexibility index (Phi) is 4.26. The smallest absolute Gasteiger partial charge is 0.166 e. The van der Waals surface area contributed by atoms with Crippen LogP contribution in [0.5, 0.6) is 11.5 Å². The van der Waals surface area contributed by atoms with Crippen LogP contribution < -0.4 is 9.47 Å². The number of hydrogen-bond donors (Lipinski definition) is 1. The Morgan fingerprint density at radius 1 is 1.36 bits per heavy atom. The number of hydrogen-bond acceptors (Lipinski definition) is 3. The van der Waals surface area contributed by atoms with E-state index in [0.717, 1.165) is 12.0 Å². The monoisotopic (exact) mass is 196 g/mol. The van der Waals surface area contributed by atoms with Crippen molar-refractivity contribution < 1.29 is 14.6 Å². The molecule has 0 heterocycles. The molecule has 0 aromatic heterocycles. The van der Waals surface area contributed by atoms with E-state index in [1.54, 1.807) is 7.11 Å². The molecule has 3 heteroatoms. The summed E-state index contributed by atoms with van der Waals surface area (Å²) in [5.41, 5.74) is 0.762. The van der Waals surface area contributed by atoms with Gasteiger partial charge in [-0.05, 0) is 12.5 Å². The summed E-state index contributed by atoms with van der Waals surface area (Å²) in [5.74, 6) is 1.32. The molecular weight excluding hydrogens is 180 g/mol.